The Kier molecular flexibility index (Phi) is 6.29. The first-order valence-electron chi connectivity index (χ1n) is 9.45. The summed E-state index contributed by atoms with van der Waals surface area (Å²) in [7, 11) is 0. The number of thiazole rings is 1. The highest BCUT2D eigenvalue weighted by atomic mass is 32.2. The standard InChI is InChI=1S/C21H15N5O5S2/c1-32-17-4-5-18-19(10-17)33-21(23-18)24(12-13-3-2-6-22-11-13)20(27)14-7-15(25(28)29)9-16(8-14)26(30)31/h2-11H,12H2,1H3. The summed E-state index contributed by atoms with van der Waals surface area (Å²) in [5.74, 6) is -0.644. The summed E-state index contributed by atoms with van der Waals surface area (Å²) in [4.78, 5) is 45.6. The molecule has 0 aliphatic carbocycles. The van der Waals surface area contributed by atoms with Gasteiger partial charge in [0.25, 0.3) is 17.3 Å². The number of hydrogen-bond donors (Lipinski definition) is 0. The second kappa shape index (κ2) is 9.30. The second-order valence-corrected chi connectivity index (χ2v) is 8.72. The molecule has 0 atom stereocenters. The van der Waals surface area contributed by atoms with Crippen molar-refractivity contribution >= 4 is 55.7 Å². The fourth-order valence-corrected chi connectivity index (χ4v) is 4.64. The van der Waals surface area contributed by atoms with E-state index in [1.807, 2.05) is 24.5 Å². The molecule has 166 valence electrons. The van der Waals surface area contributed by atoms with E-state index >= 15 is 0 Å². The molecule has 0 saturated carbocycles. The van der Waals surface area contributed by atoms with E-state index < -0.39 is 27.1 Å². The van der Waals surface area contributed by atoms with Gasteiger partial charge in [0.1, 0.15) is 0 Å². The van der Waals surface area contributed by atoms with Crippen molar-refractivity contribution < 1.29 is 14.6 Å². The number of pyridine rings is 1. The molecule has 0 bridgehead atoms. The lowest BCUT2D eigenvalue weighted by Gasteiger charge is -2.20. The molecule has 0 aliphatic rings. The van der Waals surface area contributed by atoms with Crippen LogP contribution in [0.5, 0.6) is 0 Å². The van der Waals surface area contributed by atoms with Gasteiger partial charge < -0.3 is 0 Å². The average molecular weight is 482 g/mol. The molecule has 0 saturated heterocycles. The Morgan fingerprint density at radius 1 is 1.09 bits per heavy atom. The smallest absolute Gasteiger partial charge is 0.277 e. The molecule has 0 radical (unpaired) electrons. The first-order chi connectivity index (χ1) is 15.9. The van der Waals surface area contributed by atoms with Crippen LogP contribution in [0.3, 0.4) is 0 Å². The molecule has 1 amide bonds. The molecule has 4 rings (SSSR count). The van der Waals surface area contributed by atoms with Crippen molar-refractivity contribution in [2.75, 3.05) is 11.2 Å². The maximum Gasteiger partial charge on any atom is 0.277 e. The van der Waals surface area contributed by atoms with Gasteiger partial charge in [-0.3, -0.25) is 34.9 Å². The van der Waals surface area contributed by atoms with E-state index in [2.05, 4.69) is 9.97 Å². The lowest BCUT2D eigenvalue weighted by molar-refractivity contribution is -0.394. The van der Waals surface area contributed by atoms with Gasteiger partial charge in [0.05, 0.1) is 38.2 Å². The minimum absolute atomic E-state index is 0.0817. The Hall–Kier alpha value is -3.90. The molecule has 0 N–H and O–H groups in total. The van der Waals surface area contributed by atoms with Crippen LogP contribution in [0.25, 0.3) is 10.2 Å². The van der Waals surface area contributed by atoms with Crippen LogP contribution >= 0.6 is 23.1 Å². The zero-order valence-electron chi connectivity index (χ0n) is 17.1. The molecule has 0 unspecified atom stereocenters. The fourth-order valence-electron chi connectivity index (χ4n) is 3.12. The van der Waals surface area contributed by atoms with Crippen LogP contribution in [0.2, 0.25) is 0 Å². The molecule has 10 nitrogen and oxygen atoms in total. The van der Waals surface area contributed by atoms with Crippen molar-refractivity contribution in [1.82, 2.24) is 9.97 Å². The van der Waals surface area contributed by atoms with Gasteiger partial charge in [-0.2, -0.15) is 0 Å². The molecule has 0 aliphatic heterocycles. The van der Waals surface area contributed by atoms with Crippen LogP contribution in [0.15, 0.2) is 65.8 Å². The summed E-state index contributed by atoms with van der Waals surface area (Å²) < 4.78 is 0.867. The van der Waals surface area contributed by atoms with E-state index in [4.69, 9.17) is 0 Å². The third kappa shape index (κ3) is 4.81. The summed E-state index contributed by atoms with van der Waals surface area (Å²) >= 11 is 2.87. The number of aromatic nitrogens is 2. The number of nitro benzene ring substituents is 2. The first-order valence-corrected chi connectivity index (χ1v) is 11.5. The molecule has 2 aromatic carbocycles. The van der Waals surface area contributed by atoms with Gasteiger partial charge in [-0.25, -0.2) is 4.98 Å². The summed E-state index contributed by atoms with van der Waals surface area (Å²) in [5, 5.41) is 23.0. The van der Waals surface area contributed by atoms with Crippen LogP contribution < -0.4 is 4.90 Å². The van der Waals surface area contributed by atoms with Gasteiger partial charge in [-0.15, -0.1) is 11.8 Å². The molecule has 33 heavy (non-hydrogen) atoms. The number of carbonyl (C=O) groups is 1. The number of anilines is 1. The maximum absolute atomic E-state index is 13.5. The number of fused-ring (bicyclic) bond motifs is 1. The first kappa shape index (κ1) is 22.3. The summed E-state index contributed by atoms with van der Waals surface area (Å²) in [5.41, 5.74) is 0.145. The Labute approximate surface area is 195 Å². The van der Waals surface area contributed by atoms with E-state index in [1.54, 1.807) is 36.3 Å². The van der Waals surface area contributed by atoms with Gasteiger partial charge in [0, 0.05) is 29.4 Å². The lowest BCUT2D eigenvalue weighted by atomic mass is 10.1. The van der Waals surface area contributed by atoms with Crippen molar-refractivity contribution in [2.45, 2.75) is 11.4 Å². The predicted octanol–water partition coefficient (Wildman–Crippen LogP) is 5.08. The number of benzene rings is 2. The zero-order chi connectivity index (χ0) is 23.5. The van der Waals surface area contributed by atoms with Crippen molar-refractivity contribution in [2.24, 2.45) is 0 Å². The monoisotopic (exact) mass is 481 g/mol. The van der Waals surface area contributed by atoms with E-state index in [0.29, 0.717) is 16.2 Å². The normalized spacial score (nSPS) is 10.8. The maximum atomic E-state index is 13.5. The van der Waals surface area contributed by atoms with Crippen LogP contribution in [-0.4, -0.2) is 32.0 Å². The minimum Gasteiger partial charge on any atom is -0.279 e. The quantitative estimate of drug-likeness (QED) is 0.203. The van der Waals surface area contributed by atoms with Crippen molar-refractivity contribution in [1.29, 1.82) is 0 Å². The highest BCUT2D eigenvalue weighted by Gasteiger charge is 2.26. The number of carbonyl (C=O) groups excluding carboxylic acids is 1. The predicted molar refractivity (Wildman–Crippen MR) is 126 cm³/mol. The lowest BCUT2D eigenvalue weighted by Crippen LogP contribution is -2.30. The number of hydrogen-bond acceptors (Lipinski definition) is 9. The third-order valence-electron chi connectivity index (χ3n) is 4.69. The average Bonchev–Trinajstić information content (AvgIpc) is 3.25. The second-order valence-electron chi connectivity index (χ2n) is 6.83. The molecular weight excluding hydrogens is 466 g/mol. The topological polar surface area (TPSA) is 132 Å². The van der Waals surface area contributed by atoms with Crippen LogP contribution in [0.4, 0.5) is 16.5 Å². The summed E-state index contributed by atoms with van der Waals surface area (Å²) in [6.07, 6.45) is 5.15. The van der Waals surface area contributed by atoms with E-state index in [-0.39, 0.29) is 12.1 Å². The number of nitrogens with zero attached hydrogens (tertiary/aromatic N) is 5. The molecular formula is C21H15N5O5S2. The number of amides is 1. The van der Waals surface area contributed by atoms with Crippen molar-refractivity contribution in [3.05, 3.63) is 92.3 Å². The number of rotatable bonds is 7. The number of thioether (sulfide) groups is 1. The van der Waals surface area contributed by atoms with E-state index in [1.165, 1.54) is 16.2 Å². The molecule has 2 heterocycles. The highest BCUT2D eigenvalue weighted by molar-refractivity contribution is 7.98. The van der Waals surface area contributed by atoms with Crippen LogP contribution in [0.1, 0.15) is 15.9 Å². The Morgan fingerprint density at radius 3 is 2.42 bits per heavy atom. The molecule has 12 heteroatoms. The Bertz CT molecular complexity index is 1340. The van der Waals surface area contributed by atoms with Gasteiger partial charge in [-0.1, -0.05) is 17.4 Å². The number of nitro groups is 2. The molecule has 2 aromatic heterocycles. The summed E-state index contributed by atoms with van der Waals surface area (Å²) in [6.45, 7) is 0.0817. The van der Waals surface area contributed by atoms with E-state index in [0.717, 1.165) is 27.8 Å². The largest absolute Gasteiger partial charge is 0.279 e. The SMILES string of the molecule is CSc1ccc2nc(N(Cc3cccnc3)C(=O)c3cc([N+](=O)[O-])cc([N+](=O)[O-])c3)sc2c1. The van der Waals surface area contributed by atoms with Gasteiger partial charge in [0.2, 0.25) is 0 Å². The Morgan fingerprint density at radius 2 is 1.82 bits per heavy atom. The van der Waals surface area contributed by atoms with Gasteiger partial charge >= 0.3 is 0 Å². The van der Waals surface area contributed by atoms with Crippen molar-refractivity contribution in [3.63, 3.8) is 0 Å². The highest BCUT2D eigenvalue weighted by Crippen LogP contribution is 2.34. The number of non-ortho nitro benzene ring substituents is 2. The zero-order valence-corrected chi connectivity index (χ0v) is 18.7. The third-order valence-corrected chi connectivity index (χ3v) is 6.46. The van der Waals surface area contributed by atoms with Gasteiger partial charge in [-0.05, 0) is 36.1 Å². The fraction of sp³-hybridized carbons (Fsp3) is 0.0952. The van der Waals surface area contributed by atoms with Gasteiger partial charge in [0.15, 0.2) is 5.13 Å². The summed E-state index contributed by atoms with van der Waals surface area (Å²) in [6, 6.07) is 12.1. The Balaban J connectivity index is 1.82. The van der Waals surface area contributed by atoms with Crippen LogP contribution in [0, 0.1) is 20.2 Å². The molecule has 4 aromatic rings. The minimum atomic E-state index is -0.767. The van der Waals surface area contributed by atoms with Crippen LogP contribution in [-0.2, 0) is 6.54 Å². The molecule has 0 spiro atoms. The molecule has 0 fully saturated rings. The van der Waals surface area contributed by atoms with E-state index in [9.17, 15) is 25.0 Å². The van der Waals surface area contributed by atoms with Crippen molar-refractivity contribution in [3.8, 4) is 0 Å².